The number of fused-ring (bicyclic) bond motifs is 3. The molecule has 0 bridgehead atoms. The van der Waals surface area contributed by atoms with Crippen molar-refractivity contribution in [1.82, 2.24) is 9.78 Å². The first-order chi connectivity index (χ1) is 15.1. The Morgan fingerprint density at radius 3 is 2.41 bits per heavy atom. The van der Waals surface area contributed by atoms with Crippen LogP contribution in [0.2, 0.25) is 0 Å². The molecule has 0 N–H and O–H groups in total. The maximum atomic E-state index is 15.1. The molecule has 1 aliphatic heterocycles. The molecule has 0 fully saturated rings. The van der Waals surface area contributed by atoms with Gasteiger partial charge in [-0.3, -0.25) is 9.79 Å². The van der Waals surface area contributed by atoms with E-state index in [2.05, 4.69) is 5.10 Å². The van der Waals surface area contributed by atoms with Crippen LogP contribution < -0.4 is 5.56 Å². The van der Waals surface area contributed by atoms with Crippen molar-refractivity contribution in [3.8, 4) is 11.3 Å². The van der Waals surface area contributed by atoms with Crippen molar-refractivity contribution < 1.29 is 17.2 Å². The molecule has 1 unspecified atom stereocenters. The van der Waals surface area contributed by atoms with E-state index in [4.69, 9.17) is 4.99 Å². The molecule has 0 amide bonds. The number of hydrogen-bond acceptors (Lipinski definition) is 5. The Hall–Kier alpha value is -3.20. The third-order valence-electron chi connectivity index (χ3n) is 5.52. The summed E-state index contributed by atoms with van der Waals surface area (Å²) in [6.07, 6.45) is 0. The molecule has 1 aliphatic rings. The van der Waals surface area contributed by atoms with E-state index in [1.165, 1.54) is 49.0 Å². The number of aliphatic imine (C=N–C) groups is 1. The summed E-state index contributed by atoms with van der Waals surface area (Å²) >= 11 is 0. The SMILES string of the molecule is CCS(=O)(=O)Cc1cc2c(cc1F)C(c1ccc(F)cc1)=NC(C)c1cc(=O)n(C)nc1-2. The van der Waals surface area contributed by atoms with Gasteiger partial charge in [-0.25, -0.2) is 21.9 Å². The molecule has 0 radical (unpaired) electrons. The lowest BCUT2D eigenvalue weighted by Gasteiger charge is -2.14. The molecule has 0 saturated heterocycles. The molecule has 1 atom stereocenters. The fourth-order valence-corrected chi connectivity index (χ4v) is 4.61. The zero-order valence-electron chi connectivity index (χ0n) is 17.8. The third kappa shape index (κ3) is 4.00. The van der Waals surface area contributed by atoms with E-state index < -0.39 is 33.3 Å². The molecule has 0 saturated carbocycles. The summed E-state index contributed by atoms with van der Waals surface area (Å²) in [6.45, 7) is 3.29. The zero-order valence-corrected chi connectivity index (χ0v) is 18.6. The van der Waals surface area contributed by atoms with Crippen LogP contribution in [0.5, 0.6) is 0 Å². The topological polar surface area (TPSA) is 81.4 Å². The fraction of sp³-hybridized carbons (Fsp3) is 0.261. The standard InChI is InChI=1S/C23H21F2N3O3S/c1-4-32(30,31)12-15-9-18-19(10-20(15)25)22(14-5-7-16(24)8-6-14)26-13(2)17-11-21(29)28(3)27-23(17)18/h5-11,13H,4,12H2,1-3H3. The summed E-state index contributed by atoms with van der Waals surface area (Å²) < 4.78 is 54.1. The Balaban J connectivity index is 2.04. The van der Waals surface area contributed by atoms with Gasteiger partial charge in [0.1, 0.15) is 11.6 Å². The summed E-state index contributed by atoms with van der Waals surface area (Å²) in [5.74, 6) is -1.68. The van der Waals surface area contributed by atoms with Gasteiger partial charge in [-0.15, -0.1) is 0 Å². The number of aryl methyl sites for hydroxylation is 1. The van der Waals surface area contributed by atoms with Crippen LogP contribution in [0.1, 0.15) is 42.1 Å². The Kier molecular flexibility index (Phi) is 5.54. The number of hydrogen-bond donors (Lipinski definition) is 0. The predicted molar refractivity (Wildman–Crippen MR) is 118 cm³/mol. The van der Waals surface area contributed by atoms with Gasteiger partial charge in [-0.1, -0.05) is 6.92 Å². The van der Waals surface area contributed by atoms with Crippen LogP contribution in [0.3, 0.4) is 0 Å². The average molecular weight is 458 g/mol. The summed E-state index contributed by atoms with van der Waals surface area (Å²) in [5.41, 5.74) is 2.48. The minimum atomic E-state index is -3.49. The molecule has 3 aromatic rings. The second-order valence-electron chi connectivity index (χ2n) is 7.74. The Morgan fingerprint density at radius 1 is 1.06 bits per heavy atom. The quantitative estimate of drug-likeness (QED) is 0.600. The van der Waals surface area contributed by atoms with Crippen LogP contribution in [-0.4, -0.2) is 29.7 Å². The van der Waals surface area contributed by atoms with Crippen LogP contribution in [0.15, 0.2) is 52.3 Å². The average Bonchev–Trinajstić information content (AvgIpc) is 2.85. The Bertz CT molecular complexity index is 1410. The number of rotatable bonds is 4. The highest BCUT2D eigenvalue weighted by Gasteiger charge is 2.27. The number of aromatic nitrogens is 2. The van der Waals surface area contributed by atoms with Crippen LogP contribution in [0.4, 0.5) is 8.78 Å². The first-order valence-corrected chi connectivity index (χ1v) is 11.9. The maximum Gasteiger partial charge on any atom is 0.266 e. The van der Waals surface area contributed by atoms with E-state index in [0.29, 0.717) is 33.7 Å². The third-order valence-corrected chi connectivity index (χ3v) is 7.15. The van der Waals surface area contributed by atoms with Crippen molar-refractivity contribution in [2.24, 2.45) is 12.0 Å². The lowest BCUT2D eigenvalue weighted by atomic mass is 9.93. The normalized spacial score (nSPS) is 15.5. The van der Waals surface area contributed by atoms with E-state index in [0.717, 1.165) is 0 Å². The Labute approximate surface area is 184 Å². The van der Waals surface area contributed by atoms with Gasteiger partial charge in [0, 0.05) is 46.7 Å². The number of halogens is 2. The second-order valence-corrected chi connectivity index (χ2v) is 10.1. The van der Waals surface area contributed by atoms with E-state index in [9.17, 15) is 17.6 Å². The number of sulfone groups is 1. The largest absolute Gasteiger partial charge is 0.276 e. The van der Waals surface area contributed by atoms with Crippen molar-refractivity contribution in [1.29, 1.82) is 0 Å². The molecule has 0 spiro atoms. The minimum absolute atomic E-state index is 0.0141. The van der Waals surface area contributed by atoms with Gasteiger partial charge in [-0.2, -0.15) is 5.10 Å². The van der Waals surface area contributed by atoms with E-state index >= 15 is 4.39 Å². The highest BCUT2D eigenvalue weighted by molar-refractivity contribution is 7.90. The van der Waals surface area contributed by atoms with Gasteiger partial charge >= 0.3 is 0 Å². The van der Waals surface area contributed by atoms with Gasteiger partial charge < -0.3 is 0 Å². The summed E-state index contributed by atoms with van der Waals surface area (Å²) in [4.78, 5) is 17.0. The van der Waals surface area contributed by atoms with E-state index in [1.54, 1.807) is 19.1 Å². The second kappa shape index (κ2) is 8.05. The minimum Gasteiger partial charge on any atom is -0.276 e. The molecule has 6 nitrogen and oxygen atoms in total. The predicted octanol–water partition coefficient (Wildman–Crippen LogP) is 3.57. The van der Waals surface area contributed by atoms with Crippen molar-refractivity contribution in [3.63, 3.8) is 0 Å². The maximum absolute atomic E-state index is 15.1. The molecule has 9 heteroatoms. The zero-order chi connectivity index (χ0) is 23.2. The van der Waals surface area contributed by atoms with Gasteiger partial charge in [0.05, 0.1) is 23.2 Å². The van der Waals surface area contributed by atoms with Gasteiger partial charge in [0.2, 0.25) is 0 Å². The van der Waals surface area contributed by atoms with Gasteiger partial charge in [-0.05, 0) is 43.3 Å². The highest BCUT2D eigenvalue weighted by atomic mass is 32.2. The number of benzene rings is 2. The van der Waals surface area contributed by atoms with Crippen LogP contribution in [-0.2, 0) is 22.6 Å². The number of nitrogens with zero attached hydrogens (tertiary/aromatic N) is 3. The van der Waals surface area contributed by atoms with Gasteiger partial charge in [0.15, 0.2) is 9.84 Å². The molecule has 1 aromatic heterocycles. The van der Waals surface area contributed by atoms with Crippen molar-refractivity contribution >= 4 is 15.5 Å². The summed E-state index contributed by atoms with van der Waals surface area (Å²) in [6, 6.07) is 9.29. The van der Waals surface area contributed by atoms with Crippen molar-refractivity contribution in [2.75, 3.05) is 5.75 Å². The molecular formula is C23H21F2N3O3S. The van der Waals surface area contributed by atoms with Crippen LogP contribution in [0.25, 0.3) is 11.3 Å². The van der Waals surface area contributed by atoms with Crippen molar-refractivity contribution in [2.45, 2.75) is 25.6 Å². The smallest absolute Gasteiger partial charge is 0.266 e. The fourth-order valence-electron chi connectivity index (χ4n) is 3.71. The lowest BCUT2D eigenvalue weighted by molar-refractivity contribution is 0.588. The lowest BCUT2D eigenvalue weighted by Crippen LogP contribution is -2.21. The first-order valence-electron chi connectivity index (χ1n) is 10.0. The molecule has 4 rings (SSSR count). The summed E-state index contributed by atoms with van der Waals surface area (Å²) in [7, 11) is -1.99. The van der Waals surface area contributed by atoms with E-state index in [1.807, 2.05) is 0 Å². The van der Waals surface area contributed by atoms with E-state index in [-0.39, 0.29) is 16.9 Å². The van der Waals surface area contributed by atoms with Crippen LogP contribution >= 0.6 is 0 Å². The Morgan fingerprint density at radius 2 is 1.75 bits per heavy atom. The molecule has 2 heterocycles. The molecule has 2 aromatic carbocycles. The van der Waals surface area contributed by atoms with Crippen LogP contribution in [0, 0.1) is 11.6 Å². The highest BCUT2D eigenvalue weighted by Crippen LogP contribution is 2.37. The monoisotopic (exact) mass is 457 g/mol. The van der Waals surface area contributed by atoms with Crippen molar-refractivity contribution in [3.05, 3.63) is 86.7 Å². The molecule has 0 aliphatic carbocycles. The molecule has 32 heavy (non-hydrogen) atoms. The first kappa shape index (κ1) is 22.0. The molecular weight excluding hydrogens is 436 g/mol. The van der Waals surface area contributed by atoms with Gasteiger partial charge in [0.25, 0.3) is 5.56 Å². The molecule has 166 valence electrons. The summed E-state index contributed by atoms with van der Waals surface area (Å²) in [5, 5.41) is 4.39.